The third-order valence-corrected chi connectivity index (χ3v) is 8.89. The van der Waals surface area contributed by atoms with Gasteiger partial charge in [-0.1, -0.05) is 13.0 Å². The van der Waals surface area contributed by atoms with Gasteiger partial charge in [0.1, 0.15) is 18.0 Å². The van der Waals surface area contributed by atoms with Crippen molar-refractivity contribution in [3.05, 3.63) is 11.6 Å². The molecular weight excluding hydrogens is 292 g/mol. The molecule has 0 aromatic carbocycles. The van der Waals surface area contributed by atoms with Crippen LogP contribution in [0.4, 0.5) is 0 Å². The van der Waals surface area contributed by atoms with Crippen molar-refractivity contribution in [2.45, 2.75) is 51.9 Å². The molecule has 0 unspecified atom stereocenters. The zero-order valence-corrected chi connectivity index (χ0v) is 14.0. The van der Waals surface area contributed by atoms with Crippen LogP contribution in [-0.2, 0) is 19.1 Å². The monoisotopic (exact) mass is 314 g/mol. The topological polar surface area (TPSA) is 52.6 Å². The van der Waals surface area contributed by atoms with Gasteiger partial charge in [0.2, 0.25) is 0 Å². The molecule has 6 aliphatic rings. The lowest BCUT2D eigenvalue weighted by Crippen LogP contribution is -2.58. The van der Waals surface area contributed by atoms with Gasteiger partial charge in [-0.05, 0) is 50.4 Å². The van der Waals surface area contributed by atoms with E-state index < -0.39 is 11.0 Å². The first kappa shape index (κ1) is 13.2. The van der Waals surface area contributed by atoms with Crippen LogP contribution in [0.2, 0.25) is 0 Å². The van der Waals surface area contributed by atoms with Crippen LogP contribution in [-0.4, -0.2) is 29.6 Å². The molecule has 6 rings (SSSR count). The Morgan fingerprint density at radius 1 is 1.13 bits per heavy atom. The van der Waals surface area contributed by atoms with E-state index >= 15 is 0 Å². The summed E-state index contributed by atoms with van der Waals surface area (Å²) >= 11 is 0. The van der Waals surface area contributed by atoms with Crippen LogP contribution in [0.15, 0.2) is 11.6 Å². The number of hydrogen-bond acceptors (Lipinski definition) is 4. The molecule has 6 fully saturated rings. The number of Topliss-reactive ketones (excluding diaryl/α,β-unsaturated/α-hetero) is 1. The second-order valence-electron chi connectivity index (χ2n) is 9.19. The maximum Gasteiger partial charge on any atom is 0.336 e. The quantitative estimate of drug-likeness (QED) is 0.508. The van der Waals surface area contributed by atoms with Crippen molar-refractivity contribution in [2.75, 3.05) is 0 Å². The van der Waals surface area contributed by atoms with E-state index in [1.165, 1.54) is 6.42 Å². The molecule has 4 heteroatoms. The number of rotatable bonds is 0. The Morgan fingerprint density at radius 2 is 1.87 bits per heavy atom. The predicted molar refractivity (Wildman–Crippen MR) is 80.2 cm³/mol. The van der Waals surface area contributed by atoms with Gasteiger partial charge in [0.25, 0.3) is 0 Å². The Kier molecular flexibility index (Phi) is 1.82. The molecule has 10 atom stereocenters. The molecule has 0 amide bonds. The number of ether oxygens (including phenoxy) is 2. The molecule has 4 bridgehead atoms. The minimum atomic E-state index is -0.502. The highest BCUT2D eigenvalue weighted by Gasteiger charge is 2.93. The van der Waals surface area contributed by atoms with Crippen molar-refractivity contribution >= 4 is 11.8 Å². The van der Waals surface area contributed by atoms with Crippen LogP contribution in [0.1, 0.15) is 34.1 Å². The second kappa shape index (κ2) is 3.17. The highest BCUT2D eigenvalue weighted by Crippen LogP contribution is 2.88. The Labute approximate surface area is 135 Å². The fraction of sp³-hybridized carbons (Fsp3) is 0.789. The molecule has 0 aromatic heterocycles. The lowest BCUT2D eigenvalue weighted by molar-refractivity contribution is -0.166. The fourth-order valence-corrected chi connectivity index (χ4v) is 8.31. The van der Waals surface area contributed by atoms with Gasteiger partial charge in [-0.25, -0.2) is 4.79 Å². The van der Waals surface area contributed by atoms with E-state index in [1.54, 1.807) is 0 Å². The maximum absolute atomic E-state index is 13.3. The van der Waals surface area contributed by atoms with Crippen molar-refractivity contribution in [3.8, 4) is 0 Å². The Balaban J connectivity index is 1.58. The first-order valence-electron chi connectivity index (χ1n) is 8.91. The number of carbonyl (C=O) groups is 2. The van der Waals surface area contributed by atoms with Crippen molar-refractivity contribution in [2.24, 2.45) is 40.4 Å². The Morgan fingerprint density at radius 3 is 2.57 bits per heavy atom. The number of carbonyl (C=O) groups excluding carboxylic acids is 2. The van der Waals surface area contributed by atoms with Crippen molar-refractivity contribution in [1.82, 2.24) is 0 Å². The molecule has 2 aliphatic heterocycles. The molecule has 0 aromatic rings. The second-order valence-corrected chi connectivity index (χ2v) is 9.19. The number of allylic oxidation sites excluding steroid dienone is 1. The number of hydrogen-bond donors (Lipinski definition) is 0. The zero-order chi connectivity index (χ0) is 16.1. The molecule has 4 nitrogen and oxygen atoms in total. The van der Waals surface area contributed by atoms with Gasteiger partial charge >= 0.3 is 5.97 Å². The average molecular weight is 314 g/mol. The first-order chi connectivity index (χ1) is 10.8. The van der Waals surface area contributed by atoms with Crippen LogP contribution in [0.3, 0.4) is 0 Å². The molecular formula is C19H22O4. The van der Waals surface area contributed by atoms with Crippen LogP contribution < -0.4 is 0 Å². The molecule has 0 N–H and O–H groups in total. The Hall–Kier alpha value is -1.16. The maximum atomic E-state index is 13.3. The highest BCUT2D eigenvalue weighted by atomic mass is 16.6. The highest BCUT2D eigenvalue weighted by molar-refractivity contribution is 5.97. The van der Waals surface area contributed by atoms with E-state index in [4.69, 9.17) is 9.47 Å². The van der Waals surface area contributed by atoms with Gasteiger partial charge in [-0.3, -0.25) is 4.79 Å². The number of esters is 1. The normalized spacial score (nSPS) is 68.3. The summed E-state index contributed by atoms with van der Waals surface area (Å²) in [7, 11) is 0. The minimum Gasteiger partial charge on any atom is -0.455 e. The zero-order valence-electron chi connectivity index (χ0n) is 14.0. The molecule has 4 aliphatic carbocycles. The minimum absolute atomic E-state index is 0.0585. The fourth-order valence-electron chi connectivity index (χ4n) is 8.31. The van der Waals surface area contributed by atoms with Crippen molar-refractivity contribution in [1.29, 1.82) is 0 Å². The van der Waals surface area contributed by atoms with E-state index in [0.717, 1.165) is 0 Å². The smallest absolute Gasteiger partial charge is 0.336 e. The number of fused-ring (bicyclic) bond motifs is 6. The van der Waals surface area contributed by atoms with Gasteiger partial charge in [0.15, 0.2) is 0 Å². The van der Waals surface area contributed by atoms with Gasteiger partial charge in [-0.2, -0.15) is 0 Å². The lowest BCUT2D eigenvalue weighted by atomic mass is 9.58. The molecule has 23 heavy (non-hydrogen) atoms. The van der Waals surface area contributed by atoms with Crippen LogP contribution in [0.25, 0.3) is 0 Å². The van der Waals surface area contributed by atoms with E-state index in [9.17, 15) is 9.59 Å². The van der Waals surface area contributed by atoms with Crippen molar-refractivity contribution < 1.29 is 19.1 Å². The van der Waals surface area contributed by atoms with Gasteiger partial charge in [0.05, 0.1) is 16.6 Å². The SMILES string of the molecule is C/C=C1\C(=O)O[C@H]2[C@@H]1O[C@]1(C)[C@H]2[C@@]2(C)[C@H]3[C@H]4C[C@H]4[C@@H]2C(=O)[C@]31C. The van der Waals surface area contributed by atoms with Gasteiger partial charge in [0, 0.05) is 11.8 Å². The molecule has 4 saturated carbocycles. The standard InChI is InChI=1S/C19H22O4/c1-5-7-11-12(22-16(7)21)14-17(2)10-8-6-9(8)13(17)18(3,15(10)20)19(14,4)23-11/h5,8-14H,6H2,1-4H3/b7-5-/t8-,9+,10-,11-,12+,13-,14-,17-,18+,19-/m1/s1. The van der Waals surface area contributed by atoms with E-state index in [1.807, 2.05) is 13.0 Å². The van der Waals surface area contributed by atoms with Gasteiger partial charge < -0.3 is 9.47 Å². The summed E-state index contributed by atoms with van der Waals surface area (Å²) in [5.41, 5.74) is -0.332. The van der Waals surface area contributed by atoms with E-state index in [0.29, 0.717) is 29.1 Å². The van der Waals surface area contributed by atoms with Crippen LogP contribution >= 0.6 is 0 Å². The summed E-state index contributed by atoms with van der Waals surface area (Å²) < 4.78 is 12.3. The molecule has 2 saturated heterocycles. The van der Waals surface area contributed by atoms with E-state index in [2.05, 4.69) is 20.8 Å². The third-order valence-electron chi connectivity index (χ3n) is 8.89. The van der Waals surface area contributed by atoms with Gasteiger partial charge in [-0.15, -0.1) is 0 Å². The first-order valence-corrected chi connectivity index (χ1v) is 8.91. The summed E-state index contributed by atoms with van der Waals surface area (Å²) in [5, 5.41) is 0. The summed E-state index contributed by atoms with van der Waals surface area (Å²) in [6.07, 6.45) is 2.53. The molecule has 2 heterocycles. The summed E-state index contributed by atoms with van der Waals surface area (Å²) in [5.74, 6) is 2.19. The number of ketones is 1. The molecule has 122 valence electrons. The lowest BCUT2D eigenvalue weighted by Gasteiger charge is -2.47. The summed E-state index contributed by atoms with van der Waals surface area (Å²) in [4.78, 5) is 25.5. The third kappa shape index (κ3) is 0.937. The van der Waals surface area contributed by atoms with Crippen LogP contribution in [0, 0.1) is 40.4 Å². The summed E-state index contributed by atoms with van der Waals surface area (Å²) in [6, 6.07) is 0. The van der Waals surface area contributed by atoms with E-state index in [-0.39, 0.29) is 35.4 Å². The molecule has 0 spiro atoms. The Bertz CT molecular complexity index is 740. The average Bonchev–Trinajstić information content (AvgIpc) is 2.87. The molecule has 0 radical (unpaired) electrons. The van der Waals surface area contributed by atoms with Crippen molar-refractivity contribution in [3.63, 3.8) is 0 Å². The summed E-state index contributed by atoms with van der Waals surface area (Å²) in [6.45, 7) is 8.42. The van der Waals surface area contributed by atoms with Crippen LogP contribution in [0.5, 0.6) is 0 Å². The predicted octanol–water partition coefficient (Wildman–Crippen LogP) is 2.12. The largest absolute Gasteiger partial charge is 0.455 e.